The molecule has 0 aliphatic carbocycles. The number of carbonyl (C=O) groups excluding carboxylic acids is 1. The number of hydrogen-bond donors (Lipinski definition) is 1. The predicted molar refractivity (Wildman–Crippen MR) is 70.6 cm³/mol. The van der Waals surface area contributed by atoms with Crippen LogP contribution in [0.2, 0.25) is 0 Å². The Morgan fingerprint density at radius 2 is 2.22 bits per heavy atom. The largest absolute Gasteiger partial charge is 0.444 e. The van der Waals surface area contributed by atoms with E-state index >= 15 is 0 Å². The van der Waals surface area contributed by atoms with Crippen molar-refractivity contribution in [1.82, 2.24) is 15.1 Å². The Morgan fingerprint density at radius 3 is 2.78 bits per heavy atom. The van der Waals surface area contributed by atoms with Crippen LogP contribution in [0.4, 0.5) is 4.79 Å². The van der Waals surface area contributed by atoms with E-state index in [1.54, 1.807) is 6.20 Å². The third kappa shape index (κ3) is 4.39. The lowest BCUT2D eigenvalue weighted by atomic mass is 10.2. The number of ether oxygens (including phenoxy) is 1. The van der Waals surface area contributed by atoms with Gasteiger partial charge in [-0.15, -0.1) is 0 Å². The second-order valence-corrected chi connectivity index (χ2v) is 5.35. The maximum Gasteiger partial charge on any atom is 0.407 e. The minimum Gasteiger partial charge on any atom is -0.444 e. The summed E-state index contributed by atoms with van der Waals surface area (Å²) in [5, 5.41) is 7.02. The monoisotopic (exact) mass is 253 g/mol. The summed E-state index contributed by atoms with van der Waals surface area (Å²) in [4.78, 5) is 11.5. The molecule has 1 N–H and O–H groups in total. The quantitative estimate of drug-likeness (QED) is 0.897. The summed E-state index contributed by atoms with van der Waals surface area (Å²) in [5.74, 6) is 0. The van der Waals surface area contributed by atoms with Gasteiger partial charge in [-0.05, 0) is 40.2 Å². The predicted octanol–water partition coefficient (Wildman–Crippen LogP) is 2.53. The Balaban J connectivity index is 2.47. The van der Waals surface area contributed by atoms with Gasteiger partial charge in [-0.2, -0.15) is 5.10 Å². The summed E-state index contributed by atoms with van der Waals surface area (Å²) in [6.07, 6.45) is 2.32. The van der Waals surface area contributed by atoms with Crippen LogP contribution in [0.3, 0.4) is 0 Å². The molecule has 0 aliphatic rings. The number of carbonyl (C=O) groups is 1. The highest BCUT2D eigenvalue weighted by atomic mass is 16.6. The van der Waals surface area contributed by atoms with E-state index in [2.05, 4.69) is 17.3 Å². The molecule has 0 spiro atoms. The minimum absolute atomic E-state index is 0.113. The van der Waals surface area contributed by atoms with E-state index in [4.69, 9.17) is 4.74 Å². The Bertz CT molecular complexity index is 393. The number of nitrogens with zero attached hydrogens (tertiary/aromatic N) is 2. The summed E-state index contributed by atoms with van der Waals surface area (Å²) in [6, 6.07) is 2.10. The molecule has 1 aromatic heterocycles. The van der Waals surface area contributed by atoms with Crippen molar-refractivity contribution in [3.05, 3.63) is 18.0 Å². The molecule has 102 valence electrons. The van der Waals surface area contributed by atoms with Crippen molar-refractivity contribution in [3.63, 3.8) is 0 Å². The van der Waals surface area contributed by atoms with Crippen LogP contribution in [0, 0.1) is 0 Å². The molecule has 0 aliphatic heterocycles. The molecule has 0 fully saturated rings. The van der Waals surface area contributed by atoms with Crippen LogP contribution in [0.5, 0.6) is 0 Å². The Hall–Kier alpha value is -1.52. The third-order valence-electron chi connectivity index (χ3n) is 2.47. The first-order chi connectivity index (χ1) is 8.33. The number of rotatable bonds is 4. The van der Waals surface area contributed by atoms with Crippen LogP contribution < -0.4 is 5.32 Å². The molecule has 1 aromatic rings. The third-order valence-corrected chi connectivity index (χ3v) is 2.47. The lowest BCUT2D eigenvalue weighted by Crippen LogP contribution is -2.35. The van der Waals surface area contributed by atoms with E-state index in [-0.39, 0.29) is 12.1 Å². The fourth-order valence-electron chi connectivity index (χ4n) is 1.65. The molecule has 1 unspecified atom stereocenters. The van der Waals surface area contributed by atoms with Crippen molar-refractivity contribution in [3.8, 4) is 0 Å². The lowest BCUT2D eigenvalue weighted by Gasteiger charge is -2.21. The fraction of sp³-hybridized carbons (Fsp3) is 0.692. The maximum absolute atomic E-state index is 11.5. The van der Waals surface area contributed by atoms with Gasteiger partial charge in [0.15, 0.2) is 0 Å². The maximum atomic E-state index is 11.5. The molecule has 1 heterocycles. The Kier molecular flexibility index (Phi) is 4.76. The van der Waals surface area contributed by atoms with E-state index in [0.717, 1.165) is 12.1 Å². The molecule has 0 radical (unpaired) electrons. The number of aromatic nitrogens is 2. The van der Waals surface area contributed by atoms with Gasteiger partial charge in [0, 0.05) is 18.4 Å². The van der Waals surface area contributed by atoms with E-state index in [0.29, 0.717) is 6.54 Å². The molecule has 5 heteroatoms. The van der Waals surface area contributed by atoms with Crippen LogP contribution in [0.15, 0.2) is 12.3 Å². The van der Waals surface area contributed by atoms with Gasteiger partial charge in [0.2, 0.25) is 0 Å². The van der Waals surface area contributed by atoms with Crippen LogP contribution in [0.25, 0.3) is 0 Å². The molecular weight excluding hydrogens is 230 g/mol. The Labute approximate surface area is 109 Å². The lowest BCUT2D eigenvalue weighted by molar-refractivity contribution is 0.0520. The summed E-state index contributed by atoms with van der Waals surface area (Å²) >= 11 is 0. The van der Waals surface area contributed by atoms with Crippen molar-refractivity contribution in [1.29, 1.82) is 0 Å². The molecule has 1 atom stereocenters. The van der Waals surface area contributed by atoms with Crippen molar-refractivity contribution < 1.29 is 9.53 Å². The van der Waals surface area contributed by atoms with E-state index < -0.39 is 5.60 Å². The number of amides is 1. The van der Waals surface area contributed by atoms with E-state index in [1.165, 1.54) is 0 Å². The molecule has 0 saturated carbocycles. The highest BCUT2D eigenvalue weighted by Gasteiger charge is 2.17. The average molecular weight is 253 g/mol. The average Bonchev–Trinajstić information content (AvgIpc) is 2.71. The van der Waals surface area contributed by atoms with Crippen LogP contribution in [-0.2, 0) is 11.2 Å². The number of alkyl carbamates (subject to hydrolysis) is 1. The summed E-state index contributed by atoms with van der Waals surface area (Å²) in [7, 11) is 0. The number of hydrogen-bond acceptors (Lipinski definition) is 3. The Morgan fingerprint density at radius 1 is 1.56 bits per heavy atom. The van der Waals surface area contributed by atoms with Gasteiger partial charge in [0.1, 0.15) is 5.60 Å². The minimum atomic E-state index is -0.465. The van der Waals surface area contributed by atoms with Crippen molar-refractivity contribution >= 4 is 6.09 Å². The van der Waals surface area contributed by atoms with Crippen LogP contribution in [0.1, 0.15) is 46.4 Å². The summed E-state index contributed by atoms with van der Waals surface area (Å²) < 4.78 is 7.11. The molecule has 5 nitrogen and oxygen atoms in total. The topological polar surface area (TPSA) is 56.2 Å². The van der Waals surface area contributed by atoms with Crippen molar-refractivity contribution in [2.45, 2.75) is 52.7 Å². The van der Waals surface area contributed by atoms with Crippen molar-refractivity contribution in [2.75, 3.05) is 6.54 Å². The first-order valence-corrected chi connectivity index (χ1v) is 6.32. The second kappa shape index (κ2) is 5.89. The standard InChI is InChI=1S/C13H23N3O2/c1-6-11-7-8-15-16(11)10(2)9-14-12(17)18-13(3,4)5/h7-8,10H,6,9H2,1-5H3,(H,14,17). The van der Waals surface area contributed by atoms with Crippen LogP contribution in [-0.4, -0.2) is 28.0 Å². The molecule has 0 aromatic carbocycles. The van der Waals surface area contributed by atoms with Gasteiger partial charge in [0.05, 0.1) is 6.04 Å². The van der Waals surface area contributed by atoms with E-state index in [9.17, 15) is 4.79 Å². The first kappa shape index (κ1) is 14.5. The van der Waals surface area contributed by atoms with Crippen molar-refractivity contribution in [2.24, 2.45) is 0 Å². The zero-order chi connectivity index (χ0) is 13.8. The fourth-order valence-corrected chi connectivity index (χ4v) is 1.65. The SMILES string of the molecule is CCc1ccnn1C(C)CNC(=O)OC(C)(C)C. The smallest absolute Gasteiger partial charge is 0.407 e. The van der Waals surface area contributed by atoms with E-state index in [1.807, 2.05) is 38.4 Å². The van der Waals surface area contributed by atoms with Gasteiger partial charge in [-0.1, -0.05) is 6.92 Å². The van der Waals surface area contributed by atoms with Gasteiger partial charge in [-0.3, -0.25) is 4.68 Å². The molecular formula is C13H23N3O2. The normalized spacial score (nSPS) is 13.2. The van der Waals surface area contributed by atoms with Crippen LogP contribution >= 0.6 is 0 Å². The van der Waals surface area contributed by atoms with Gasteiger partial charge >= 0.3 is 6.09 Å². The number of aryl methyl sites for hydroxylation is 1. The zero-order valence-corrected chi connectivity index (χ0v) is 11.9. The highest BCUT2D eigenvalue weighted by Crippen LogP contribution is 2.10. The molecule has 18 heavy (non-hydrogen) atoms. The van der Waals surface area contributed by atoms with Gasteiger partial charge < -0.3 is 10.1 Å². The molecule has 0 saturated heterocycles. The zero-order valence-electron chi connectivity index (χ0n) is 11.9. The summed E-state index contributed by atoms with van der Waals surface area (Å²) in [6.45, 7) is 10.1. The summed E-state index contributed by atoms with van der Waals surface area (Å²) in [5.41, 5.74) is 0.696. The molecule has 0 bridgehead atoms. The molecule has 1 amide bonds. The second-order valence-electron chi connectivity index (χ2n) is 5.35. The highest BCUT2D eigenvalue weighted by molar-refractivity contribution is 5.67. The van der Waals surface area contributed by atoms with Gasteiger partial charge in [0.25, 0.3) is 0 Å². The first-order valence-electron chi connectivity index (χ1n) is 6.32. The number of nitrogens with one attached hydrogen (secondary N) is 1. The molecule has 1 rings (SSSR count). The van der Waals surface area contributed by atoms with Gasteiger partial charge in [-0.25, -0.2) is 4.79 Å².